The van der Waals surface area contributed by atoms with Gasteiger partial charge in [0.15, 0.2) is 10.8 Å². The Hall–Kier alpha value is -1.77. The first-order chi connectivity index (χ1) is 10.4. The minimum Gasteiger partial charge on any atom is -0.465 e. The molecule has 0 saturated carbocycles. The molecule has 0 atom stereocenters. The molecule has 0 aliphatic rings. The zero-order valence-electron chi connectivity index (χ0n) is 12.0. The summed E-state index contributed by atoms with van der Waals surface area (Å²) in [6, 6.07) is 1.89. The number of hydrogen-bond donors (Lipinski definition) is 0. The maximum atomic E-state index is 13.2. The van der Waals surface area contributed by atoms with Gasteiger partial charge >= 0.3 is 12.1 Å². The number of alkyl halides is 3. The number of hydrogen-bond acceptors (Lipinski definition) is 5. The summed E-state index contributed by atoms with van der Waals surface area (Å²) >= 11 is 1.18. The van der Waals surface area contributed by atoms with Gasteiger partial charge < -0.3 is 4.74 Å². The Balaban J connectivity index is 2.60. The molecular weight excluding hydrogens is 319 g/mol. The Morgan fingerprint density at radius 2 is 2.09 bits per heavy atom. The number of pyridine rings is 1. The van der Waals surface area contributed by atoms with Gasteiger partial charge in [-0.15, -0.1) is 10.2 Å². The maximum absolute atomic E-state index is 13.2. The molecule has 22 heavy (non-hydrogen) atoms. The summed E-state index contributed by atoms with van der Waals surface area (Å²) in [6.07, 6.45) is -2.81. The zero-order chi connectivity index (χ0) is 16.3. The molecule has 0 radical (unpaired) electrons. The first kappa shape index (κ1) is 16.6. The lowest BCUT2D eigenvalue weighted by Gasteiger charge is -2.12. The molecule has 0 saturated heterocycles. The number of aromatic nitrogens is 3. The Morgan fingerprint density at radius 1 is 1.36 bits per heavy atom. The van der Waals surface area contributed by atoms with Crippen molar-refractivity contribution < 1.29 is 22.7 Å². The van der Waals surface area contributed by atoms with Gasteiger partial charge in [-0.2, -0.15) is 13.2 Å². The van der Waals surface area contributed by atoms with Gasteiger partial charge in [0, 0.05) is 5.75 Å². The van der Waals surface area contributed by atoms with Crippen molar-refractivity contribution >= 4 is 23.4 Å². The third-order valence-corrected chi connectivity index (χ3v) is 3.96. The molecule has 0 fully saturated rings. The Morgan fingerprint density at radius 3 is 2.68 bits per heavy atom. The first-order valence-electron chi connectivity index (χ1n) is 6.56. The van der Waals surface area contributed by atoms with Crippen LogP contribution in [-0.4, -0.2) is 33.4 Å². The summed E-state index contributed by atoms with van der Waals surface area (Å²) in [6.45, 7) is 1.99. The molecule has 0 spiro atoms. The molecule has 2 heterocycles. The number of unbranched alkanes of at least 4 members (excludes halogenated alkanes) is 1. The van der Waals surface area contributed by atoms with Gasteiger partial charge in [-0.3, -0.25) is 4.40 Å². The van der Waals surface area contributed by atoms with Crippen LogP contribution < -0.4 is 0 Å². The van der Waals surface area contributed by atoms with Crippen molar-refractivity contribution in [3.05, 3.63) is 23.4 Å². The highest BCUT2D eigenvalue weighted by atomic mass is 32.2. The zero-order valence-corrected chi connectivity index (χ0v) is 12.8. The molecule has 0 aliphatic carbocycles. The minimum absolute atomic E-state index is 0.0506. The van der Waals surface area contributed by atoms with Gasteiger partial charge in [0.25, 0.3) is 0 Å². The topological polar surface area (TPSA) is 56.5 Å². The van der Waals surface area contributed by atoms with Crippen LogP contribution in [0.5, 0.6) is 0 Å². The van der Waals surface area contributed by atoms with Crippen molar-refractivity contribution in [2.24, 2.45) is 0 Å². The van der Waals surface area contributed by atoms with E-state index in [-0.39, 0.29) is 16.4 Å². The second kappa shape index (κ2) is 6.55. The van der Waals surface area contributed by atoms with Crippen LogP contribution >= 0.6 is 11.8 Å². The van der Waals surface area contributed by atoms with E-state index in [0.29, 0.717) is 5.75 Å². The highest BCUT2D eigenvalue weighted by molar-refractivity contribution is 7.99. The lowest BCUT2D eigenvalue weighted by molar-refractivity contribution is -0.142. The van der Waals surface area contributed by atoms with E-state index >= 15 is 0 Å². The molecular formula is C13H14F3N3O2S. The van der Waals surface area contributed by atoms with E-state index in [4.69, 9.17) is 0 Å². The average molecular weight is 333 g/mol. The number of esters is 1. The van der Waals surface area contributed by atoms with Crippen LogP contribution in [0, 0.1) is 0 Å². The van der Waals surface area contributed by atoms with Crippen molar-refractivity contribution in [3.63, 3.8) is 0 Å². The fourth-order valence-corrected chi connectivity index (χ4v) is 2.89. The van der Waals surface area contributed by atoms with Crippen molar-refractivity contribution in [1.29, 1.82) is 0 Å². The number of fused-ring (bicyclic) bond motifs is 1. The predicted octanol–water partition coefficient (Wildman–Crippen LogP) is 3.43. The van der Waals surface area contributed by atoms with E-state index in [1.54, 1.807) is 0 Å². The van der Waals surface area contributed by atoms with Gasteiger partial charge in [0.1, 0.15) is 11.3 Å². The normalized spacial score (nSPS) is 11.9. The second-order valence-corrected chi connectivity index (χ2v) is 5.53. The molecule has 0 unspecified atom stereocenters. The molecule has 0 aliphatic heterocycles. The van der Waals surface area contributed by atoms with E-state index in [1.165, 1.54) is 11.8 Å². The van der Waals surface area contributed by atoms with Crippen molar-refractivity contribution in [2.45, 2.75) is 31.1 Å². The Kier molecular flexibility index (Phi) is 4.94. The van der Waals surface area contributed by atoms with Crippen molar-refractivity contribution in [2.75, 3.05) is 12.9 Å². The smallest absolute Gasteiger partial charge is 0.431 e. The van der Waals surface area contributed by atoms with Crippen molar-refractivity contribution in [1.82, 2.24) is 14.6 Å². The molecule has 0 amide bonds. The SMILES string of the molecule is CCCCSc1nnc2c(C(=O)OC)ccc(C(F)(F)F)n12. The van der Waals surface area contributed by atoms with E-state index in [1.807, 2.05) is 6.92 Å². The summed E-state index contributed by atoms with van der Waals surface area (Å²) in [5.74, 6) is -0.131. The molecule has 5 nitrogen and oxygen atoms in total. The molecule has 0 aromatic carbocycles. The summed E-state index contributed by atoms with van der Waals surface area (Å²) < 4.78 is 45.0. The first-order valence-corrected chi connectivity index (χ1v) is 7.55. The van der Waals surface area contributed by atoms with Gasteiger partial charge in [0.05, 0.1) is 7.11 Å². The summed E-state index contributed by atoms with van der Waals surface area (Å²) in [5.41, 5.74) is -1.12. The van der Waals surface area contributed by atoms with Gasteiger partial charge in [-0.25, -0.2) is 4.79 Å². The van der Waals surface area contributed by atoms with Crippen LogP contribution in [-0.2, 0) is 10.9 Å². The monoisotopic (exact) mass is 333 g/mol. The van der Waals surface area contributed by atoms with E-state index < -0.39 is 17.8 Å². The van der Waals surface area contributed by atoms with E-state index in [2.05, 4.69) is 14.9 Å². The van der Waals surface area contributed by atoms with Crippen LogP contribution in [0.4, 0.5) is 13.2 Å². The van der Waals surface area contributed by atoms with Crippen LogP contribution in [0.2, 0.25) is 0 Å². The number of nitrogens with zero attached hydrogens (tertiary/aromatic N) is 3. The lowest BCUT2D eigenvalue weighted by Crippen LogP contribution is -2.14. The number of ether oxygens (including phenoxy) is 1. The molecule has 2 aromatic rings. The molecule has 120 valence electrons. The number of carbonyl (C=O) groups is 1. The Bertz CT molecular complexity index is 685. The van der Waals surface area contributed by atoms with E-state index in [0.717, 1.165) is 36.5 Å². The number of halogens is 3. The minimum atomic E-state index is -4.57. The standard InChI is InChI=1S/C13H14F3N3O2S/c1-3-4-7-22-12-18-17-10-8(11(20)21-2)5-6-9(19(10)12)13(14,15)16/h5-6H,3-4,7H2,1-2H3. The summed E-state index contributed by atoms with van der Waals surface area (Å²) in [4.78, 5) is 11.7. The van der Waals surface area contributed by atoms with Crippen molar-refractivity contribution in [3.8, 4) is 0 Å². The van der Waals surface area contributed by atoms with Gasteiger partial charge in [-0.1, -0.05) is 25.1 Å². The predicted molar refractivity (Wildman–Crippen MR) is 75.0 cm³/mol. The average Bonchev–Trinajstić information content (AvgIpc) is 2.89. The van der Waals surface area contributed by atoms with Crippen LogP contribution in [0.15, 0.2) is 17.3 Å². The quantitative estimate of drug-likeness (QED) is 0.477. The molecule has 0 N–H and O–H groups in total. The third-order valence-electron chi connectivity index (χ3n) is 2.95. The number of methoxy groups -OCH3 is 1. The molecule has 2 rings (SSSR count). The largest absolute Gasteiger partial charge is 0.465 e. The Labute approximate surface area is 128 Å². The molecule has 0 bridgehead atoms. The number of rotatable bonds is 5. The van der Waals surface area contributed by atoms with E-state index in [9.17, 15) is 18.0 Å². The van der Waals surface area contributed by atoms with Crippen LogP contribution in [0.1, 0.15) is 35.8 Å². The summed E-state index contributed by atoms with van der Waals surface area (Å²) in [5, 5.41) is 7.63. The van der Waals surface area contributed by atoms with Crippen LogP contribution in [0.3, 0.4) is 0 Å². The third kappa shape index (κ3) is 3.18. The lowest BCUT2D eigenvalue weighted by atomic mass is 10.2. The molecule has 2 aromatic heterocycles. The van der Waals surface area contributed by atoms with Gasteiger partial charge in [-0.05, 0) is 18.6 Å². The fraction of sp³-hybridized carbons (Fsp3) is 0.462. The number of thioether (sulfide) groups is 1. The summed E-state index contributed by atoms with van der Waals surface area (Å²) in [7, 11) is 1.16. The highest BCUT2D eigenvalue weighted by Gasteiger charge is 2.36. The molecule has 9 heteroatoms. The fourth-order valence-electron chi connectivity index (χ4n) is 1.86. The second-order valence-electron chi connectivity index (χ2n) is 4.47. The maximum Gasteiger partial charge on any atom is 0.431 e. The van der Waals surface area contributed by atoms with Crippen LogP contribution in [0.25, 0.3) is 5.65 Å². The van der Waals surface area contributed by atoms with Gasteiger partial charge in [0.2, 0.25) is 0 Å². The highest BCUT2D eigenvalue weighted by Crippen LogP contribution is 2.33. The number of carbonyl (C=O) groups excluding carboxylic acids is 1.